The summed E-state index contributed by atoms with van der Waals surface area (Å²) in [5.41, 5.74) is 3.42. The smallest absolute Gasteiger partial charge is 0.123 e. The van der Waals surface area contributed by atoms with Gasteiger partial charge in [-0.2, -0.15) is 0 Å². The van der Waals surface area contributed by atoms with E-state index in [2.05, 4.69) is 39.1 Å². The largest absolute Gasteiger partial charge is 0.489 e. The van der Waals surface area contributed by atoms with E-state index in [1.165, 1.54) is 5.56 Å². The molecule has 3 unspecified atom stereocenters. The first-order chi connectivity index (χ1) is 9.81. The molecule has 1 aromatic heterocycles. The van der Waals surface area contributed by atoms with E-state index in [-0.39, 0.29) is 6.10 Å². The summed E-state index contributed by atoms with van der Waals surface area (Å²) < 4.78 is 7.07. The highest BCUT2D eigenvalue weighted by atomic mass is 79.9. The maximum atomic E-state index is 6.00. The van der Waals surface area contributed by atoms with Crippen LogP contribution >= 0.6 is 15.9 Å². The van der Waals surface area contributed by atoms with Crippen molar-refractivity contribution in [2.45, 2.75) is 17.9 Å². The first kappa shape index (κ1) is 10.9. The highest BCUT2D eigenvalue weighted by molar-refractivity contribution is 9.10. The van der Waals surface area contributed by atoms with Gasteiger partial charge in [0.1, 0.15) is 17.7 Å². The quantitative estimate of drug-likeness (QED) is 0.734. The average molecular weight is 327 g/mol. The van der Waals surface area contributed by atoms with E-state index in [9.17, 15) is 0 Å². The molecule has 1 fully saturated rings. The number of ether oxygens (including phenoxy) is 1. The second-order valence-corrected chi connectivity index (χ2v) is 6.37. The first-order valence-corrected chi connectivity index (χ1v) is 7.51. The Bertz CT molecular complexity index is 841. The van der Waals surface area contributed by atoms with E-state index in [1.54, 1.807) is 0 Å². The summed E-state index contributed by atoms with van der Waals surface area (Å²) in [4.78, 5) is 8.15. The third-order valence-corrected chi connectivity index (χ3v) is 4.77. The molecule has 1 aliphatic heterocycles. The highest BCUT2D eigenvalue weighted by Gasteiger charge is 2.60. The number of imidazole rings is 1. The number of fused-ring (bicyclic) bond motifs is 4. The van der Waals surface area contributed by atoms with Crippen molar-refractivity contribution in [1.82, 2.24) is 9.97 Å². The number of aromatic amines is 1. The van der Waals surface area contributed by atoms with Crippen LogP contribution in [-0.2, 0) is 0 Å². The molecule has 1 aliphatic carbocycles. The minimum Gasteiger partial charge on any atom is -0.489 e. The summed E-state index contributed by atoms with van der Waals surface area (Å²) in [6, 6.07) is 14.4. The van der Waals surface area contributed by atoms with Gasteiger partial charge in [-0.15, -0.1) is 0 Å². The van der Waals surface area contributed by atoms with E-state index in [4.69, 9.17) is 9.72 Å². The minimum atomic E-state index is 0.261. The van der Waals surface area contributed by atoms with Gasteiger partial charge >= 0.3 is 0 Å². The van der Waals surface area contributed by atoms with Crippen molar-refractivity contribution in [2.24, 2.45) is 0 Å². The van der Waals surface area contributed by atoms with E-state index in [1.807, 2.05) is 24.3 Å². The van der Waals surface area contributed by atoms with Gasteiger partial charge in [0.05, 0.1) is 17.0 Å². The molecule has 0 saturated heterocycles. The molecule has 3 nitrogen and oxygen atoms in total. The van der Waals surface area contributed by atoms with Gasteiger partial charge in [-0.25, -0.2) is 4.98 Å². The second kappa shape index (κ2) is 3.64. The maximum Gasteiger partial charge on any atom is 0.123 e. The number of rotatable bonds is 1. The summed E-state index contributed by atoms with van der Waals surface area (Å²) >= 11 is 3.49. The number of para-hydroxylation sites is 1. The van der Waals surface area contributed by atoms with E-state index >= 15 is 0 Å². The average Bonchev–Trinajstić information content (AvgIpc) is 2.83. The predicted octanol–water partition coefficient (Wildman–Crippen LogP) is 3.97. The monoisotopic (exact) mass is 326 g/mol. The van der Waals surface area contributed by atoms with Gasteiger partial charge < -0.3 is 9.72 Å². The van der Waals surface area contributed by atoms with Crippen LogP contribution in [0.2, 0.25) is 0 Å². The fourth-order valence-corrected chi connectivity index (χ4v) is 3.66. The molecule has 1 N–H and O–H groups in total. The van der Waals surface area contributed by atoms with Crippen LogP contribution in [0, 0.1) is 0 Å². The van der Waals surface area contributed by atoms with Gasteiger partial charge in [-0.1, -0.05) is 34.1 Å². The zero-order chi connectivity index (χ0) is 13.3. The lowest BCUT2D eigenvalue weighted by molar-refractivity contribution is 0.309. The van der Waals surface area contributed by atoms with Gasteiger partial charge in [0.25, 0.3) is 0 Å². The fourth-order valence-electron chi connectivity index (χ4n) is 3.30. The lowest BCUT2D eigenvalue weighted by Gasteiger charge is -2.05. The summed E-state index contributed by atoms with van der Waals surface area (Å²) in [6.45, 7) is 0. The Kier molecular flexibility index (Phi) is 1.99. The molecule has 3 aromatic rings. The van der Waals surface area contributed by atoms with Crippen LogP contribution in [0.25, 0.3) is 11.0 Å². The number of benzene rings is 2. The Morgan fingerprint density at radius 1 is 1.10 bits per heavy atom. The third-order valence-electron chi connectivity index (χ3n) is 4.27. The summed E-state index contributed by atoms with van der Waals surface area (Å²) in [5.74, 6) is 2.92. The molecule has 2 aromatic carbocycles. The van der Waals surface area contributed by atoms with Crippen molar-refractivity contribution >= 4 is 27.0 Å². The number of hydrogen-bond acceptors (Lipinski definition) is 2. The predicted molar refractivity (Wildman–Crippen MR) is 80.1 cm³/mol. The first-order valence-electron chi connectivity index (χ1n) is 6.72. The van der Waals surface area contributed by atoms with Gasteiger partial charge in [-0.3, -0.25) is 0 Å². The zero-order valence-electron chi connectivity index (χ0n) is 10.5. The summed E-state index contributed by atoms with van der Waals surface area (Å²) in [6.07, 6.45) is 0.261. The van der Waals surface area contributed by atoms with Crippen molar-refractivity contribution in [3.05, 3.63) is 58.3 Å². The highest BCUT2D eigenvalue weighted by Crippen LogP contribution is 2.62. The molecule has 0 spiro atoms. The second-order valence-electron chi connectivity index (χ2n) is 5.46. The lowest BCUT2D eigenvalue weighted by atomic mass is 10.1. The molecule has 0 radical (unpaired) electrons. The Labute approximate surface area is 124 Å². The Morgan fingerprint density at radius 2 is 2.00 bits per heavy atom. The molecule has 2 heterocycles. The molecule has 20 heavy (non-hydrogen) atoms. The molecular weight excluding hydrogens is 316 g/mol. The molecule has 2 aliphatic rings. The summed E-state index contributed by atoms with van der Waals surface area (Å²) in [5, 5.41) is 0. The Morgan fingerprint density at radius 3 is 2.95 bits per heavy atom. The minimum absolute atomic E-state index is 0.261. The lowest BCUT2D eigenvalue weighted by Crippen LogP contribution is -1.99. The van der Waals surface area contributed by atoms with Gasteiger partial charge in [0.2, 0.25) is 0 Å². The van der Waals surface area contributed by atoms with Crippen molar-refractivity contribution < 1.29 is 4.74 Å². The normalized spacial score (nSPS) is 26.1. The van der Waals surface area contributed by atoms with Crippen LogP contribution in [0.4, 0.5) is 0 Å². The number of H-pyrrole nitrogens is 1. The Hall–Kier alpha value is -1.81. The van der Waals surface area contributed by atoms with Crippen molar-refractivity contribution in [3.63, 3.8) is 0 Å². The number of halogens is 1. The standard InChI is InChI=1S/C16H11BrN2O/c17-8-5-6-10-11(7-8)19-16(18-10)14-13-9-3-1-2-4-12(9)20-15(13)14/h1-7,13-15H,(H,18,19). The van der Waals surface area contributed by atoms with E-state index < -0.39 is 0 Å². The zero-order valence-corrected chi connectivity index (χ0v) is 12.1. The van der Waals surface area contributed by atoms with Gasteiger partial charge in [0, 0.05) is 16.0 Å². The molecule has 0 bridgehead atoms. The van der Waals surface area contributed by atoms with Crippen LogP contribution < -0.4 is 4.74 Å². The van der Waals surface area contributed by atoms with Crippen LogP contribution in [0.5, 0.6) is 5.75 Å². The van der Waals surface area contributed by atoms with Crippen molar-refractivity contribution in [1.29, 1.82) is 0 Å². The van der Waals surface area contributed by atoms with Crippen LogP contribution in [-0.4, -0.2) is 16.1 Å². The topological polar surface area (TPSA) is 37.9 Å². The molecule has 4 heteroatoms. The number of nitrogens with one attached hydrogen (secondary N) is 1. The molecule has 3 atom stereocenters. The third kappa shape index (κ3) is 1.37. The van der Waals surface area contributed by atoms with Crippen LogP contribution in [0.3, 0.4) is 0 Å². The van der Waals surface area contributed by atoms with Crippen LogP contribution in [0.1, 0.15) is 23.2 Å². The van der Waals surface area contributed by atoms with Crippen molar-refractivity contribution in [3.8, 4) is 5.75 Å². The maximum absolute atomic E-state index is 6.00. The number of nitrogens with zero attached hydrogens (tertiary/aromatic N) is 1. The summed E-state index contributed by atoms with van der Waals surface area (Å²) in [7, 11) is 0. The SMILES string of the molecule is Brc1ccc2nc(C3C4Oc5ccccc5C43)[nH]c2c1. The molecule has 98 valence electrons. The van der Waals surface area contributed by atoms with Crippen molar-refractivity contribution in [2.75, 3.05) is 0 Å². The number of hydrogen-bond donors (Lipinski definition) is 1. The van der Waals surface area contributed by atoms with Crippen LogP contribution in [0.15, 0.2) is 46.9 Å². The molecule has 5 rings (SSSR count). The number of aromatic nitrogens is 2. The molecular formula is C16H11BrN2O. The fraction of sp³-hybridized carbons (Fsp3) is 0.188. The Balaban J connectivity index is 1.56. The van der Waals surface area contributed by atoms with Gasteiger partial charge in [0.15, 0.2) is 0 Å². The van der Waals surface area contributed by atoms with Gasteiger partial charge in [-0.05, 0) is 24.3 Å². The van der Waals surface area contributed by atoms with E-state index in [0.29, 0.717) is 11.8 Å². The molecule has 1 saturated carbocycles. The van der Waals surface area contributed by atoms with E-state index in [0.717, 1.165) is 27.1 Å². The molecule has 0 amide bonds.